The summed E-state index contributed by atoms with van der Waals surface area (Å²) in [6, 6.07) is 6.92. The first-order chi connectivity index (χ1) is 19.7. The Hall–Kier alpha value is -2.69. The molecule has 0 bridgehead atoms. The fourth-order valence-corrected chi connectivity index (χ4v) is 4.61. The summed E-state index contributed by atoms with van der Waals surface area (Å²) in [5, 5.41) is 17.0. The van der Waals surface area contributed by atoms with Crippen molar-refractivity contribution in [3.8, 4) is 5.75 Å². The van der Waals surface area contributed by atoms with Crippen molar-refractivity contribution >= 4 is 17.8 Å². The summed E-state index contributed by atoms with van der Waals surface area (Å²) in [7, 11) is 1.62. The number of ether oxygens (including phenoxy) is 3. The van der Waals surface area contributed by atoms with Crippen LogP contribution in [0, 0.1) is 23.7 Å². The highest BCUT2D eigenvalue weighted by Gasteiger charge is 2.37. The molecule has 1 aromatic carbocycles. The van der Waals surface area contributed by atoms with E-state index < -0.39 is 41.6 Å². The molecule has 5 atom stereocenters. The standard InChI is InChI=1S/C32H55N3O7/c1-9-10-16-34-29(37)22(4)19-26(36)25(31(39)42-32(5,6)7)20-24(21(2)3)28(33)35-30(38)23-14-11-12-15-27(23)41-18-13-17-40-8/h11-12,14-15,21-22,24-26,28,36H,9-10,13,16-20,33H2,1-8H3,(H,34,37)(H,35,38)/t22-,24+,25+,26+,28?/m1/s1. The highest BCUT2D eigenvalue weighted by atomic mass is 16.6. The van der Waals surface area contributed by atoms with Gasteiger partial charge in [0, 0.05) is 32.6 Å². The molecule has 0 spiro atoms. The number of nitrogens with one attached hydrogen (secondary N) is 2. The molecule has 5 N–H and O–H groups in total. The average Bonchev–Trinajstić information content (AvgIpc) is 2.90. The molecule has 10 nitrogen and oxygen atoms in total. The van der Waals surface area contributed by atoms with Gasteiger partial charge in [-0.05, 0) is 64.0 Å². The third-order valence-corrected chi connectivity index (χ3v) is 7.07. The van der Waals surface area contributed by atoms with Gasteiger partial charge in [-0.15, -0.1) is 0 Å². The number of hydrogen-bond donors (Lipinski definition) is 4. The number of benzene rings is 1. The van der Waals surface area contributed by atoms with Crippen molar-refractivity contribution < 1.29 is 33.7 Å². The Bertz CT molecular complexity index is 964. The van der Waals surface area contributed by atoms with E-state index in [2.05, 4.69) is 10.6 Å². The molecule has 0 saturated heterocycles. The largest absolute Gasteiger partial charge is 0.493 e. The monoisotopic (exact) mass is 593 g/mol. The predicted molar refractivity (Wildman–Crippen MR) is 164 cm³/mol. The summed E-state index contributed by atoms with van der Waals surface area (Å²) >= 11 is 0. The summed E-state index contributed by atoms with van der Waals surface area (Å²) in [6.07, 6.45) is 0.776. The van der Waals surface area contributed by atoms with Crippen LogP contribution in [-0.2, 0) is 19.1 Å². The normalized spacial score (nSPS) is 15.3. The zero-order valence-corrected chi connectivity index (χ0v) is 26.9. The van der Waals surface area contributed by atoms with Gasteiger partial charge < -0.3 is 35.7 Å². The highest BCUT2D eigenvalue weighted by Crippen LogP contribution is 2.30. The van der Waals surface area contributed by atoms with Crippen molar-refractivity contribution in [2.24, 2.45) is 29.4 Å². The van der Waals surface area contributed by atoms with Crippen molar-refractivity contribution in [3.63, 3.8) is 0 Å². The van der Waals surface area contributed by atoms with Crippen LogP contribution in [0.15, 0.2) is 24.3 Å². The fraction of sp³-hybridized carbons (Fsp3) is 0.719. The number of nitrogens with two attached hydrogens (primary N) is 1. The summed E-state index contributed by atoms with van der Waals surface area (Å²) in [5.74, 6) is -2.58. The smallest absolute Gasteiger partial charge is 0.312 e. The zero-order valence-electron chi connectivity index (χ0n) is 26.9. The minimum Gasteiger partial charge on any atom is -0.493 e. The molecular formula is C32H55N3O7. The number of aliphatic hydroxyl groups excluding tert-OH is 1. The first-order valence-electron chi connectivity index (χ1n) is 15.2. The number of carbonyl (C=O) groups is 3. The number of unbranched alkanes of at least 4 members (excludes halogenated alkanes) is 1. The van der Waals surface area contributed by atoms with Crippen LogP contribution in [0.1, 0.15) is 90.9 Å². The molecule has 0 aliphatic carbocycles. The van der Waals surface area contributed by atoms with Crippen LogP contribution in [0.4, 0.5) is 0 Å². The minimum absolute atomic E-state index is 0.0484. The molecule has 10 heteroatoms. The van der Waals surface area contributed by atoms with E-state index in [1.807, 2.05) is 20.8 Å². The fourth-order valence-electron chi connectivity index (χ4n) is 4.61. The molecule has 0 aliphatic rings. The zero-order chi connectivity index (χ0) is 31.9. The number of carbonyl (C=O) groups excluding carboxylic acids is 3. The Morgan fingerprint density at radius 3 is 2.29 bits per heavy atom. The minimum atomic E-state index is -1.14. The molecule has 0 radical (unpaired) electrons. The Balaban J connectivity index is 3.10. The van der Waals surface area contributed by atoms with Crippen LogP contribution in [0.25, 0.3) is 0 Å². The van der Waals surface area contributed by atoms with E-state index in [-0.39, 0.29) is 30.6 Å². The van der Waals surface area contributed by atoms with Crippen molar-refractivity contribution in [2.75, 3.05) is 26.9 Å². The van der Waals surface area contributed by atoms with Crippen LogP contribution < -0.4 is 21.1 Å². The number of para-hydroxylation sites is 1. The van der Waals surface area contributed by atoms with Gasteiger partial charge in [0.25, 0.3) is 5.91 Å². The average molecular weight is 594 g/mol. The lowest BCUT2D eigenvalue weighted by molar-refractivity contribution is -0.166. The molecule has 42 heavy (non-hydrogen) atoms. The lowest BCUT2D eigenvalue weighted by atomic mass is 9.80. The van der Waals surface area contributed by atoms with E-state index >= 15 is 0 Å². The van der Waals surface area contributed by atoms with Gasteiger partial charge in [-0.1, -0.05) is 46.2 Å². The van der Waals surface area contributed by atoms with Gasteiger partial charge in [0.15, 0.2) is 0 Å². The van der Waals surface area contributed by atoms with Crippen LogP contribution in [0.2, 0.25) is 0 Å². The second-order valence-corrected chi connectivity index (χ2v) is 12.3. The van der Waals surface area contributed by atoms with Crippen LogP contribution in [-0.4, -0.2) is 67.6 Å². The number of amides is 2. The first kappa shape index (κ1) is 37.3. The van der Waals surface area contributed by atoms with Gasteiger partial charge in [-0.25, -0.2) is 0 Å². The number of hydrogen-bond acceptors (Lipinski definition) is 8. The first-order valence-corrected chi connectivity index (χ1v) is 15.2. The maximum Gasteiger partial charge on any atom is 0.312 e. The predicted octanol–water partition coefficient (Wildman–Crippen LogP) is 4.04. The van der Waals surface area contributed by atoms with Crippen LogP contribution in [0.5, 0.6) is 5.75 Å². The Labute approximate surface area is 252 Å². The molecule has 2 amide bonds. The number of methoxy groups -OCH3 is 1. The maximum absolute atomic E-state index is 13.3. The summed E-state index contributed by atoms with van der Waals surface area (Å²) in [5.41, 5.74) is 6.13. The summed E-state index contributed by atoms with van der Waals surface area (Å²) in [6.45, 7) is 14.5. The van der Waals surface area contributed by atoms with Gasteiger partial charge in [-0.3, -0.25) is 14.4 Å². The van der Waals surface area contributed by atoms with E-state index in [1.54, 1.807) is 59.1 Å². The molecule has 0 saturated carbocycles. The number of aliphatic hydroxyl groups is 1. The molecule has 1 aromatic rings. The molecular weight excluding hydrogens is 538 g/mol. The van der Waals surface area contributed by atoms with Gasteiger partial charge >= 0.3 is 5.97 Å². The second-order valence-electron chi connectivity index (χ2n) is 12.3. The summed E-state index contributed by atoms with van der Waals surface area (Å²) in [4.78, 5) is 39.2. The van der Waals surface area contributed by atoms with Gasteiger partial charge in [0.2, 0.25) is 5.91 Å². The van der Waals surface area contributed by atoms with E-state index in [1.165, 1.54) is 0 Å². The van der Waals surface area contributed by atoms with Crippen molar-refractivity contribution in [1.29, 1.82) is 0 Å². The van der Waals surface area contributed by atoms with Gasteiger partial charge in [0.1, 0.15) is 11.4 Å². The van der Waals surface area contributed by atoms with Gasteiger partial charge in [0.05, 0.1) is 30.4 Å². The van der Waals surface area contributed by atoms with Crippen molar-refractivity contribution in [1.82, 2.24) is 10.6 Å². The molecule has 1 unspecified atom stereocenters. The SMILES string of the molecule is CCCCNC(=O)[C@H](C)C[C@H](O)[C@H](C[C@@H](C(C)C)C(N)NC(=O)c1ccccc1OCCCOC)C(=O)OC(C)(C)C. The second kappa shape index (κ2) is 18.8. The van der Waals surface area contributed by atoms with Gasteiger partial charge in [-0.2, -0.15) is 0 Å². The molecule has 1 rings (SSSR count). The number of esters is 1. The lowest BCUT2D eigenvalue weighted by Gasteiger charge is -2.34. The van der Waals surface area contributed by atoms with E-state index in [4.69, 9.17) is 19.9 Å². The quantitative estimate of drug-likeness (QED) is 0.107. The van der Waals surface area contributed by atoms with E-state index in [9.17, 15) is 19.5 Å². The Morgan fingerprint density at radius 1 is 1.02 bits per heavy atom. The molecule has 0 heterocycles. The Kier molecular flexibility index (Phi) is 16.7. The molecule has 0 aromatic heterocycles. The van der Waals surface area contributed by atoms with E-state index in [0.29, 0.717) is 37.5 Å². The third kappa shape index (κ3) is 13.5. The van der Waals surface area contributed by atoms with E-state index in [0.717, 1.165) is 12.8 Å². The lowest BCUT2D eigenvalue weighted by Crippen LogP contribution is -2.50. The molecule has 0 aliphatic heterocycles. The van der Waals surface area contributed by atoms with Crippen molar-refractivity contribution in [3.05, 3.63) is 29.8 Å². The topological polar surface area (TPSA) is 149 Å². The third-order valence-electron chi connectivity index (χ3n) is 7.07. The molecule has 0 fully saturated rings. The maximum atomic E-state index is 13.3. The van der Waals surface area contributed by atoms with Crippen molar-refractivity contribution in [2.45, 2.75) is 98.4 Å². The number of rotatable bonds is 19. The van der Waals surface area contributed by atoms with Crippen LogP contribution >= 0.6 is 0 Å². The highest BCUT2D eigenvalue weighted by molar-refractivity contribution is 5.97. The Morgan fingerprint density at radius 2 is 1.69 bits per heavy atom. The summed E-state index contributed by atoms with van der Waals surface area (Å²) < 4.78 is 16.5. The van der Waals surface area contributed by atoms with Crippen LogP contribution in [0.3, 0.4) is 0 Å². The molecule has 240 valence electrons.